The molecule has 0 saturated carbocycles. The molecule has 3 N–H and O–H groups in total. The molecule has 0 aliphatic carbocycles. The van der Waals surface area contributed by atoms with E-state index in [0.29, 0.717) is 12.2 Å². The zero-order chi connectivity index (χ0) is 11.4. The normalized spacial score (nSPS) is 10.3. The van der Waals surface area contributed by atoms with E-state index in [0.717, 1.165) is 0 Å². The minimum absolute atomic E-state index is 0.0728. The van der Waals surface area contributed by atoms with E-state index in [2.05, 4.69) is 5.10 Å². The monoisotopic (exact) mass is 212 g/mol. The van der Waals surface area contributed by atoms with Gasteiger partial charge < -0.3 is 15.7 Å². The molecule has 15 heavy (non-hydrogen) atoms. The molecule has 1 aromatic rings. The molecular formula is C9H16N4O2. The Morgan fingerprint density at radius 3 is 2.87 bits per heavy atom. The molecule has 6 nitrogen and oxygen atoms in total. The molecule has 1 rings (SSSR count). The summed E-state index contributed by atoms with van der Waals surface area (Å²) in [6.07, 6.45) is 1.63. The van der Waals surface area contributed by atoms with Gasteiger partial charge in [-0.25, -0.2) is 0 Å². The van der Waals surface area contributed by atoms with Crippen LogP contribution in [0.1, 0.15) is 17.4 Å². The number of nitrogen functional groups attached to an aromatic ring is 1. The van der Waals surface area contributed by atoms with Crippen molar-refractivity contribution in [3.8, 4) is 0 Å². The molecule has 0 aliphatic heterocycles. The minimum atomic E-state index is -0.270. The molecular weight excluding hydrogens is 196 g/mol. The molecule has 0 bridgehead atoms. The van der Waals surface area contributed by atoms with Crippen LogP contribution in [-0.4, -0.2) is 45.9 Å². The number of aliphatic hydroxyl groups excluding tert-OH is 1. The largest absolute Gasteiger partial charge is 0.396 e. The maximum atomic E-state index is 11.7. The van der Waals surface area contributed by atoms with Gasteiger partial charge in [0.25, 0.3) is 5.91 Å². The summed E-state index contributed by atoms with van der Waals surface area (Å²) in [5.74, 6) is -0.270. The van der Waals surface area contributed by atoms with Crippen LogP contribution in [-0.2, 0) is 6.54 Å². The van der Waals surface area contributed by atoms with Crippen molar-refractivity contribution in [2.24, 2.45) is 0 Å². The highest BCUT2D eigenvalue weighted by atomic mass is 16.3. The van der Waals surface area contributed by atoms with Crippen molar-refractivity contribution in [2.45, 2.75) is 13.5 Å². The highest BCUT2D eigenvalue weighted by Crippen LogP contribution is 2.11. The average Bonchev–Trinajstić information content (AvgIpc) is 2.59. The van der Waals surface area contributed by atoms with Gasteiger partial charge in [0.1, 0.15) is 0 Å². The number of hydrogen-bond acceptors (Lipinski definition) is 4. The van der Waals surface area contributed by atoms with Crippen molar-refractivity contribution in [3.63, 3.8) is 0 Å². The number of anilines is 1. The van der Waals surface area contributed by atoms with Gasteiger partial charge in [-0.15, -0.1) is 0 Å². The van der Waals surface area contributed by atoms with Crippen molar-refractivity contribution in [3.05, 3.63) is 11.9 Å². The van der Waals surface area contributed by atoms with Crippen LogP contribution in [0.2, 0.25) is 0 Å². The molecule has 84 valence electrons. The molecule has 0 spiro atoms. The van der Waals surface area contributed by atoms with Crippen molar-refractivity contribution in [2.75, 3.05) is 25.9 Å². The summed E-state index contributed by atoms with van der Waals surface area (Å²) < 4.78 is 1.61. The first kappa shape index (κ1) is 11.5. The molecule has 1 aromatic heterocycles. The highest BCUT2D eigenvalue weighted by molar-refractivity contribution is 5.96. The van der Waals surface area contributed by atoms with Gasteiger partial charge in [-0.2, -0.15) is 5.10 Å². The van der Waals surface area contributed by atoms with E-state index in [1.165, 1.54) is 4.90 Å². The Morgan fingerprint density at radius 2 is 2.40 bits per heavy atom. The lowest BCUT2D eigenvalue weighted by Crippen LogP contribution is -2.30. The Kier molecular flexibility index (Phi) is 3.68. The summed E-state index contributed by atoms with van der Waals surface area (Å²) in [6.45, 7) is 2.78. The average molecular weight is 212 g/mol. The molecule has 6 heteroatoms. The van der Waals surface area contributed by atoms with Crippen molar-refractivity contribution in [1.82, 2.24) is 14.7 Å². The van der Waals surface area contributed by atoms with Crippen LogP contribution >= 0.6 is 0 Å². The van der Waals surface area contributed by atoms with Crippen molar-refractivity contribution in [1.29, 1.82) is 0 Å². The number of aryl methyl sites for hydroxylation is 1. The van der Waals surface area contributed by atoms with Crippen LogP contribution in [0.4, 0.5) is 5.69 Å². The van der Waals surface area contributed by atoms with Crippen LogP contribution in [0.5, 0.6) is 0 Å². The van der Waals surface area contributed by atoms with Gasteiger partial charge in [0, 0.05) is 26.3 Å². The Balaban J connectivity index is 2.85. The predicted octanol–water partition coefficient (Wildman–Crippen LogP) is -0.451. The first-order chi connectivity index (χ1) is 7.10. The van der Waals surface area contributed by atoms with E-state index in [1.807, 2.05) is 6.92 Å². The fourth-order valence-electron chi connectivity index (χ4n) is 1.20. The third-order valence-electron chi connectivity index (χ3n) is 2.10. The van der Waals surface area contributed by atoms with Gasteiger partial charge in [0.05, 0.1) is 12.3 Å². The molecule has 0 radical (unpaired) electrons. The summed E-state index contributed by atoms with van der Waals surface area (Å²) in [6, 6.07) is 0. The standard InChI is InChI=1S/C9H16N4O2/c1-3-13-6-7(10)8(11-13)9(15)12(2)4-5-14/h6,14H,3-5,10H2,1-2H3. The number of aromatic nitrogens is 2. The number of carbonyl (C=O) groups is 1. The van der Waals surface area contributed by atoms with Gasteiger partial charge in [0.15, 0.2) is 5.69 Å². The van der Waals surface area contributed by atoms with Crippen LogP contribution in [0, 0.1) is 0 Å². The van der Waals surface area contributed by atoms with Gasteiger partial charge in [0.2, 0.25) is 0 Å². The van der Waals surface area contributed by atoms with E-state index in [1.54, 1.807) is 17.9 Å². The number of amides is 1. The van der Waals surface area contributed by atoms with Crippen LogP contribution < -0.4 is 5.73 Å². The number of hydrogen-bond donors (Lipinski definition) is 2. The Morgan fingerprint density at radius 1 is 1.73 bits per heavy atom. The molecule has 0 atom stereocenters. The minimum Gasteiger partial charge on any atom is -0.396 e. The fraction of sp³-hybridized carbons (Fsp3) is 0.556. The quantitative estimate of drug-likeness (QED) is 0.708. The third-order valence-corrected chi connectivity index (χ3v) is 2.10. The van der Waals surface area contributed by atoms with Gasteiger partial charge in [-0.1, -0.05) is 0 Å². The zero-order valence-electron chi connectivity index (χ0n) is 8.97. The van der Waals surface area contributed by atoms with E-state index >= 15 is 0 Å². The van der Waals surface area contributed by atoms with E-state index in [-0.39, 0.29) is 24.8 Å². The Bertz CT molecular complexity index is 348. The maximum absolute atomic E-state index is 11.7. The lowest BCUT2D eigenvalue weighted by Gasteiger charge is -2.13. The summed E-state index contributed by atoms with van der Waals surface area (Å²) in [5.41, 5.74) is 6.27. The van der Waals surface area contributed by atoms with Crippen LogP contribution in [0.25, 0.3) is 0 Å². The van der Waals surface area contributed by atoms with E-state index < -0.39 is 0 Å². The number of likely N-dealkylation sites (N-methyl/N-ethyl adjacent to an activating group) is 1. The number of aliphatic hydroxyl groups is 1. The van der Waals surface area contributed by atoms with Crippen LogP contribution in [0.3, 0.4) is 0 Å². The van der Waals surface area contributed by atoms with E-state index in [9.17, 15) is 4.79 Å². The zero-order valence-corrected chi connectivity index (χ0v) is 8.97. The fourth-order valence-corrected chi connectivity index (χ4v) is 1.20. The topological polar surface area (TPSA) is 84.4 Å². The summed E-state index contributed by atoms with van der Waals surface area (Å²) in [7, 11) is 1.60. The number of carbonyl (C=O) groups excluding carboxylic acids is 1. The molecule has 0 fully saturated rings. The molecule has 0 saturated heterocycles. The highest BCUT2D eigenvalue weighted by Gasteiger charge is 2.17. The number of nitrogens with zero attached hydrogens (tertiary/aromatic N) is 3. The summed E-state index contributed by atoms with van der Waals surface area (Å²) in [5, 5.41) is 12.8. The molecule has 1 heterocycles. The molecule has 0 aromatic carbocycles. The van der Waals surface area contributed by atoms with Crippen LogP contribution in [0.15, 0.2) is 6.20 Å². The predicted molar refractivity (Wildman–Crippen MR) is 56.4 cm³/mol. The number of nitrogens with two attached hydrogens (primary N) is 1. The number of rotatable bonds is 4. The second kappa shape index (κ2) is 4.79. The van der Waals surface area contributed by atoms with Crippen molar-refractivity contribution < 1.29 is 9.90 Å². The molecule has 0 unspecified atom stereocenters. The first-order valence-electron chi connectivity index (χ1n) is 4.79. The lowest BCUT2D eigenvalue weighted by molar-refractivity contribution is 0.0761. The maximum Gasteiger partial charge on any atom is 0.276 e. The first-order valence-corrected chi connectivity index (χ1v) is 4.79. The van der Waals surface area contributed by atoms with Gasteiger partial charge in [-0.05, 0) is 6.92 Å². The summed E-state index contributed by atoms with van der Waals surface area (Å²) >= 11 is 0. The van der Waals surface area contributed by atoms with E-state index in [4.69, 9.17) is 10.8 Å². The molecule has 0 aliphatic rings. The molecule has 1 amide bonds. The van der Waals surface area contributed by atoms with Crippen molar-refractivity contribution >= 4 is 11.6 Å². The summed E-state index contributed by atoms with van der Waals surface area (Å²) in [4.78, 5) is 13.1. The van der Waals surface area contributed by atoms with Gasteiger partial charge in [-0.3, -0.25) is 9.48 Å². The lowest BCUT2D eigenvalue weighted by atomic mass is 10.3. The second-order valence-electron chi connectivity index (χ2n) is 3.24. The Hall–Kier alpha value is -1.56. The van der Waals surface area contributed by atoms with Gasteiger partial charge >= 0.3 is 0 Å². The SMILES string of the molecule is CCn1cc(N)c(C(=O)N(C)CCO)n1. The second-order valence-corrected chi connectivity index (χ2v) is 3.24. The third kappa shape index (κ3) is 2.47. The smallest absolute Gasteiger partial charge is 0.276 e. The Labute approximate surface area is 88.3 Å².